The van der Waals surface area contributed by atoms with Crippen molar-refractivity contribution < 1.29 is 13.2 Å². The fourth-order valence-corrected chi connectivity index (χ4v) is 4.21. The third-order valence-electron chi connectivity index (χ3n) is 4.56. The SMILES string of the molecule is CC(C)(C)C[C@@H](NC(=O)[C@H]1CCCN(S(C)(=O)=O)C1)c1ccccc1. The minimum Gasteiger partial charge on any atom is -0.349 e. The number of benzene rings is 1. The Kier molecular flexibility index (Phi) is 6.27. The molecule has 0 unspecified atom stereocenters. The Morgan fingerprint density at radius 1 is 1.28 bits per heavy atom. The second-order valence-electron chi connectivity index (χ2n) is 8.20. The maximum Gasteiger partial charge on any atom is 0.224 e. The molecule has 5 nitrogen and oxygen atoms in total. The van der Waals surface area contributed by atoms with Gasteiger partial charge in [0.2, 0.25) is 15.9 Å². The van der Waals surface area contributed by atoms with E-state index in [4.69, 9.17) is 0 Å². The van der Waals surface area contributed by atoms with Crippen LogP contribution in [0.15, 0.2) is 30.3 Å². The van der Waals surface area contributed by atoms with Crippen LogP contribution in [-0.4, -0.2) is 38.0 Å². The van der Waals surface area contributed by atoms with Gasteiger partial charge in [0.05, 0.1) is 18.2 Å². The van der Waals surface area contributed by atoms with Crippen molar-refractivity contribution in [2.45, 2.75) is 46.1 Å². The number of hydrogen-bond donors (Lipinski definition) is 1. The van der Waals surface area contributed by atoms with E-state index in [0.29, 0.717) is 6.54 Å². The van der Waals surface area contributed by atoms with E-state index in [2.05, 4.69) is 26.1 Å². The largest absolute Gasteiger partial charge is 0.349 e. The van der Waals surface area contributed by atoms with Crippen LogP contribution >= 0.6 is 0 Å². The van der Waals surface area contributed by atoms with Crippen LogP contribution in [0.2, 0.25) is 0 Å². The highest BCUT2D eigenvalue weighted by Crippen LogP contribution is 2.30. The molecular weight excluding hydrogens is 336 g/mol. The first kappa shape index (κ1) is 19.9. The second-order valence-corrected chi connectivity index (χ2v) is 10.2. The minimum atomic E-state index is -3.25. The molecule has 6 heteroatoms. The Balaban J connectivity index is 2.11. The summed E-state index contributed by atoms with van der Waals surface area (Å²) in [7, 11) is -3.25. The first-order valence-corrected chi connectivity index (χ1v) is 10.7. The molecule has 1 N–H and O–H groups in total. The molecule has 0 aliphatic carbocycles. The molecule has 1 aliphatic rings. The molecular formula is C19H30N2O3S. The van der Waals surface area contributed by atoms with Gasteiger partial charge in [-0.25, -0.2) is 12.7 Å². The molecule has 1 amide bonds. The lowest BCUT2D eigenvalue weighted by Gasteiger charge is -2.33. The van der Waals surface area contributed by atoms with Crippen molar-refractivity contribution in [3.05, 3.63) is 35.9 Å². The summed E-state index contributed by atoms with van der Waals surface area (Å²) in [5.41, 5.74) is 1.15. The molecule has 0 aromatic heterocycles. The standard InChI is InChI=1S/C19H30N2O3S/c1-19(2,3)13-17(15-9-6-5-7-10-15)20-18(22)16-11-8-12-21(14-16)25(4,23)24/h5-7,9-10,16-17H,8,11-14H2,1-4H3,(H,20,22)/t16-,17+/m0/s1. The summed E-state index contributed by atoms with van der Waals surface area (Å²) in [6.07, 6.45) is 3.49. The highest BCUT2D eigenvalue weighted by molar-refractivity contribution is 7.88. The normalized spacial score (nSPS) is 20.9. The van der Waals surface area contributed by atoms with Gasteiger partial charge in [-0.05, 0) is 30.2 Å². The highest BCUT2D eigenvalue weighted by Gasteiger charge is 2.32. The van der Waals surface area contributed by atoms with Crippen LogP contribution in [0.25, 0.3) is 0 Å². The smallest absolute Gasteiger partial charge is 0.224 e. The summed E-state index contributed by atoms with van der Waals surface area (Å²) in [5.74, 6) is -0.332. The van der Waals surface area contributed by atoms with Crippen LogP contribution in [0.4, 0.5) is 0 Å². The number of rotatable bonds is 5. The zero-order chi connectivity index (χ0) is 18.7. The number of nitrogens with one attached hydrogen (secondary N) is 1. The van der Waals surface area contributed by atoms with Gasteiger partial charge in [0, 0.05) is 13.1 Å². The average molecular weight is 367 g/mol. The first-order chi connectivity index (χ1) is 11.6. The lowest BCUT2D eigenvalue weighted by atomic mass is 9.85. The molecule has 25 heavy (non-hydrogen) atoms. The highest BCUT2D eigenvalue weighted by atomic mass is 32.2. The zero-order valence-electron chi connectivity index (χ0n) is 15.7. The third kappa shape index (κ3) is 6.12. The fourth-order valence-electron chi connectivity index (χ4n) is 3.30. The van der Waals surface area contributed by atoms with E-state index in [9.17, 15) is 13.2 Å². The number of amides is 1. The molecule has 1 saturated heterocycles. The summed E-state index contributed by atoms with van der Waals surface area (Å²) in [5, 5.41) is 3.17. The number of sulfonamides is 1. The molecule has 0 bridgehead atoms. The zero-order valence-corrected chi connectivity index (χ0v) is 16.5. The Labute approximate surface area is 151 Å². The maximum absolute atomic E-state index is 12.8. The fraction of sp³-hybridized carbons (Fsp3) is 0.632. The summed E-state index contributed by atoms with van der Waals surface area (Å²) in [6, 6.07) is 9.90. The average Bonchev–Trinajstić information content (AvgIpc) is 2.53. The first-order valence-electron chi connectivity index (χ1n) is 8.87. The van der Waals surface area contributed by atoms with Gasteiger partial charge in [-0.3, -0.25) is 4.79 Å². The van der Waals surface area contributed by atoms with Crippen molar-refractivity contribution in [3.63, 3.8) is 0 Å². The van der Waals surface area contributed by atoms with Crippen LogP contribution in [-0.2, 0) is 14.8 Å². The molecule has 1 aliphatic heterocycles. The van der Waals surface area contributed by atoms with Gasteiger partial charge in [0.1, 0.15) is 0 Å². The van der Waals surface area contributed by atoms with Crippen LogP contribution in [0.3, 0.4) is 0 Å². The van der Waals surface area contributed by atoms with Gasteiger partial charge in [-0.1, -0.05) is 51.1 Å². The number of hydrogen-bond acceptors (Lipinski definition) is 3. The number of carbonyl (C=O) groups is 1. The van der Waals surface area contributed by atoms with Gasteiger partial charge in [-0.15, -0.1) is 0 Å². The molecule has 0 radical (unpaired) electrons. The molecule has 1 aromatic rings. The monoisotopic (exact) mass is 366 g/mol. The molecule has 0 saturated carbocycles. The second kappa shape index (κ2) is 7.87. The Bertz CT molecular complexity index is 680. The van der Waals surface area contributed by atoms with Gasteiger partial charge in [0.25, 0.3) is 0 Å². The molecule has 1 fully saturated rings. The molecule has 140 valence electrons. The van der Waals surface area contributed by atoms with Crippen molar-refractivity contribution in [2.75, 3.05) is 19.3 Å². The van der Waals surface area contributed by atoms with E-state index in [1.807, 2.05) is 30.3 Å². The van der Waals surface area contributed by atoms with E-state index in [0.717, 1.165) is 24.8 Å². The molecule has 2 atom stereocenters. The van der Waals surface area contributed by atoms with Gasteiger partial charge < -0.3 is 5.32 Å². The van der Waals surface area contributed by atoms with Crippen LogP contribution in [0, 0.1) is 11.3 Å². The summed E-state index contributed by atoms with van der Waals surface area (Å²) in [4.78, 5) is 12.8. The molecule has 1 aromatic carbocycles. The maximum atomic E-state index is 12.8. The van der Waals surface area contributed by atoms with Crippen LogP contribution in [0.1, 0.15) is 51.6 Å². The summed E-state index contributed by atoms with van der Waals surface area (Å²) in [6.45, 7) is 7.25. The Hall–Kier alpha value is -1.40. The molecule has 2 rings (SSSR count). The van der Waals surface area contributed by atoms with E-state index in [1.165, 1.54) is 10.6 Å². The van der Waals surface area contributed by atoms with Crippen molar-refractivity contribution in [1.82, 2.24) is 9.62 Å². The van der Waals surface area contributed by atoms with Crippen molar-refractivity contribution in [1.29, 1.82) is 0 Å². The van der Waals surface area contributed by atoms with Crippen molar-refractivity contribution in [3.8, 4) is 0 Å². The lowest BCUT2D eigenvalue weighted by molar-refractivity contribution is -0.127. The number of piperidine rings is 1. The minimum absolute atomic E-state index is 0.0496. The van der Waals surface area contributed by atoms with E-state index >= 15 is 0 Å². The van der Waals surface area contributed by atoms with Gasteiger partial charge in [-0.2, -0.15) is 0 Å². The molecule has 1 heterocycles. The van der Waals surface area contributed by atoms with E-state index < -0.39 is 10.0 Å². The predicted octanol–water partition coefficient (Wildman–Crippen LogP) is 2.95. The van der Waals surface area contributed by atoms with E-state index in [-0.39, 0.29) is 29.8 Å². The number of nitrogens with zero attached hydrogens (tertiary/aromatic N) is 1. The Morgan fingerprint density at radius 3 is 2.48 bits per heavy atom. The van der Waals surface area contributed by atoms with E-state index in [1.54, 1.807) is 0 Å². The number of carbonyl (C=O) groups excluding carboxylic acids is 1. The van der Waals surface area contributed by atoms with Gasteiger partial charge in [0.15, 0.2) is 0 Å². The van der Waals surface area contributed by atoms with Crippen LogP contribution < -0.4 is 5.32 Å². The molecule has 0 spiro atoms. The van der Waals surface area contributed by atoms with Crippen molar-refractivity contribution >= 4 is 15.9 Å². The lowest BCUT2D eigenvalue weighted by Crippen LogP contribution is -2.46. The summed E-state index contributed by atoms with van der Waals surface area (Å²) < 4.78 is 25.0. The van der Waals surface area contributed by atoms with Gasteiger partial charge >= 0.3 is 0 Å². The summed E-state index contributed by atoms with van der Waals surface area (Å²) >= 11 is 0. The third-order valence-corrected chi connectivity index (χ3v) is 5.83. The quantitative estimate of drug-likeness (QED) is 0.871. The Morgan fingerprint density at radius 2 is 1.92 bits per heavy atom. The predicted molar refractivity (Wildman–Crippen MR) is 101 cm³/mol. The van der Waals surface area contributed by atoms with Crippen molar-refractivity contribution in [2.24, 2.45) is 11.3 Å². The van der Waals surface area contributed by atoms with Crippen LogP contribution in [0.5, 0.6) is 0 Å². The topological polar surface area (TPSA) is 66.5 Å².